The molecule has 1 aromatic heterocycles. The van der Waals surface area contributed by atoms with Crippen LogP contribution in [-0.4, -0.2) is 49.9 Å². The molecule has 0 radical (unpaired) electrons. The van der Waals surface area contributed by atoms with E-state index in [2.05, 4.69) is 9.97 Å². The molecule has 12 heteroatoms. The number of carboxylic acids is 1. The van der Waals surface area contributed by atoms with Gasteiger partial charge in [-0.15, -0.1) is 0 Å². The van der Waals surface area contributed by atoms with Gasteiger partial charge >= 0.3 is 11.9 Å². The van der Waals surface area contributed by atoms with Crippen molar-refractivity contribution in [3.8, 4) is 5.75 Å². The normalized spacial score (nSPS) is 16.7. The lowest BCUT2D eigenvalue weighted by Gasteiger charge is -2.23. The van der Waals surface area contributed by atoms with Crippen LogP contribution in [0.3, 0.4) is 0 Å². The zero-order valence-electron chi connectivity index (χ0n) is 19.6. The second kappa shape index (κ2) is 9.17. The molecule has 1 saturated heterocycles. The first-order valence-electron chi connectivity index (χ1n) is 11.1. The highest BCUT2D eigenvalue weighted by atomic mass is 16.6. The number of aliphatic hydroxyl groups excluding tert-OH is 1. The lowest BCUT2D eigenvalue weighted by molar-refractivity contribution is -0.384. The van der Waals surface area contributed by atoms with Gasteiger partial charge < -0.3 is 19.9 Å². The third-order valence-electron chi connectivity index (χ3n) is 6.15. The van der Waals surface area contributed by atoms with Gasteiger partial charge in [0, 0.05) is 17.7 Å². The topological polar surface area (TPSA) is 176 Å². The van der Waals surface area contributed by atoms with Crippen LogP contribution in [0.1, 0.15) is 27.5 Å². The molecule has 2 heterocycles. The van der Waals surface area contributed by atoms with Crippen molar-refractivity contribution in [3.63, 3.8) is 0 Å². The van der Waals surface area contributed by atoms with E-state index in [-0.39, 0.29) is 28.3 Å². The number of aromatic nitrogens is 2. The average molecular weight is 514 g/mol. The van der Waals surface area contributed by atoms with E-state index in [0.29, 0.717) is 22.3 Å². The van der Waals surface area contributed by atoms with Crippen molar-refractivity contribution in [3.05, 3.63) is 99.1 Å². The third kappa shape index (κ3) is 3.99. The predicted molar refractivity (Wildman–Crippen MR) is 134 cm³/mol. The molecule has 1 amide bonds. The second-order valence-corrected chi connectivity index (χ2v) is 8.35. The first-order valence-corrected chi connectivity index (χ1v) is 11.1. The molecule has 0 spiro atoms. The van der Waals surface area contributed by atoms with E-state index >= 15 is 0 Å². The van der Waals surface area contributed by atoms with Gasteiger partial charge in [-0.25, -0.2) is 9.78 Å². The van der Waals surface area contributed by atoms with Gasteiger partial charge in [-0.2, -0.15) is 0 Å². The highest BCUT2D eigenvalue weighted by Gasteiger charge is 2.48. The smallest absolute Gasteiger partial charge is 0.335 e. The molecule has 190 valence electrons. The van der Waals surface area contributed by atoms with Gasteiger partial charge in [0.25, 0.3) is 11.5 Å². The summed E-state index contributed by atoms with van der Waals surface area (Å²) in [6.07, 6.45) is 0. The molecular weight excluding hydrogens is 496 g/mol. The van der Waals surface area contributed by atoms with Crippen LogP contribution in [0.25, 0.3) is 16.8 Å². The number of ether oxygens (including phenoxy) is 1. The first kappa shape index (κ1) is 24.2. The molecule has 1 unspecified atom stereocenters. The fraction of sp³-hybridized carbons (Fsp3) is 0.0769. The number of Topliss-reactive ketones (excluding diaryl/α,β-unsaturated/α-hetero) is 1. The Kier molecular flexibility index (Phi) is 5.84. The third-order valence-corrected chi connectivity index (χ3v) is 6.15. The van der Waals surface area contributed by atoms with Crippen LogP contribution in [-0.2, 0) is 9.59 Å². The Labute approximate surface area is 213 Å². The molecule has 4 aromatic rings. The summed E-state index contributed by atoms with van der Waals surface area (Å²) in [5, 5.41) is 31.8. The standard InChI is InChI=1S/C26H18N4O8/c1-38-17-8-5-13(6-9-17)21-20(22(31)14-3-2-4-16(11-14)30(36)37)23(32)24(33)29(21)26-27-18-10-7-15(25(34)35)12-19(18)28-26/h2-12,21,31H,1H3,(H,27,28)(H,34,35)/b22-20+. The number of carbonyl (C=O) groups excluding carboxylic acids is 2. The summed E-state index contributed by atoms with van der Waals surface area (Å²) in [5.41, 5.74) is 0.443. The number of rotatable bonds is 6. The zero-order valence-corrected chi connectivity index (χ0v) is 19.6. The average Bonchev–Trinajstić information content (AvgIpc) is 3.45. The van der Waals surface area contributed by atoms with Crippen LogP contribution >= 0.6 is 0 Å². The maximum absolute atomic E-state index is 13.3. The molecular formula is C26H18N4O8. The summed E-state index contributed by atoms with van der Waals surface area (Å²) >= 11 is 0. The SMILES string of the molecule is COc1ccc(C2/C(=C(\O)c3cccc([N+](=O)[O-])c3)C(=O)C(=O)N2c2nc3ccc(C(=O)O)cc3[nH]2)cc1. The van der Waals surface area contributed by atoms with Crippen molar-refractivity contribution in [2.75, 3.05) is 12.0 Å². The molecule has 0 saturated carbocycles. The number of ketones is 1. The molecule has 0 bridgehead atoms. The summed E-state index contributed by atoms with van der Waals surface area (Å²) in [4.78, 5) is 57.0. The quantitative estimate of drug-likeness (QED) is 0.114. The Morgan fingerprint density at radius 1 is 1.05 bits per heavy atom. The molecule has 3 aromatic carbocycles. The molecule has 3 N–H and O–H groups in total. The summed E-state index contributed by atoms with van der Waals surface area (Å²) < 4.78 is 5.20. The molecule has 1 aliphatic rings. The van der Waals surface area contributed by atoms with Crippen molar-refractivity contribution in [2.24, 2.45) is 0 Å². The number of aliphatic hydroxyl groups is 1. The number of benzene rings is 3. The van der Waals surface area contributed by atoms with E-state index in [1.807, 2.05) is 0 Å². The minimum atomic E-state index is -1.17. The number of carbonyl (C=O) groups is 3. The largest absolute Gasteiger partial charge is 0.507 e. The number of nitrogens with zero attached hydrogens (tertiary/aromatic N) is 3. The van der Waals surface area contributed by atoms with Gasteiger partial charge in [0.2, 0.25) is 5.95 Å². The lowest BCUT2D eigenvalue weighted by atomic mass is 9.95. The number of nitro groups is 1. The number of H-pyrrole nitrogens is 1. The Morgan fingerprint density at radius 3 is 2.45 bits per heavy atom. The van der Waals surface area contributed by atoms with Crippen LogP contribution in [0.5, 0.6) is 5.75 Å². The van der Waals surface area contributed by atoms with E-state index < -0.39 is 34.4 Å². The summed E-state index contributed by atoms with van der Waals surface area (Å²) in [5.74, 6) is -3.33. The van der Waals surface area contributed by atoms with Crippen LogP contribution < -0.4 is 9.64 Å². The number of hydrogen-bond donors (Lipinski definition) is 3. The van der Waals surface area contributed by atoms with E-state index in [4.69, 9.17) is 4.74 Å². The summed E-state index contributed by atoms with van der Waals surface area (Å²) in [6, 6.07) is 14.5. The monoisotopic (exact) mass is 514 g/mol. The fourth-order valence-corrected chi connectivity index (χ4v) is 4.32. The lowest BCUT2D eigenvalue weighted by Crippen LogP contribution is -2.30. The highest BCUT2D eigenvalue weighted by Crippen LogP contribution is 2.42. The number of aromatic carboxylic acids is 1. The van der Waals surface area contributed by atoms with E-state index in [9.17, 15) is 34.7 Å². The van der Waals surface area contributed by atoms with Gasteiger partial charge in [0.1, 0.15) is 11.5 Å². The number of non-ortho nitro benzene ring substituents is 1. The van der Waals surface area contributed by atoms with Gasteiger partial charge in [0.05, 0.1) is 40.2 Å². The van der Waals surface area contributed by atoms with Gasteiger partial charge in [-0.05, 0) is 35.9 Å². The van der Waals surface area contributed by atoms with Crippen LogP contribution in [0.4, 0.5) is 11.6 Å². The Hall–Kier alpha value is -5.52. The molecule has 1 fully saturated rings. The van der Waals surface area contributed by atoms with Crippen LogP contribution in [0.2, 0.25) is 0 Å². The molecule has 5 rings (SSSR count). The van der Waals surface area contributed by atoms with Crippen molar-refractivity contribution >= 4 is 46.1 Å². The summed E-state index contributed by atoms with van der Waals surface area (Å²) in [6.45, 7) is 0. The highest BCUT2D eigenvalue weighted by molar-refractivity contribution is 6.51. The number of amides is 1. The molecule has 1 aliphatic heterocycles. The van der Waals surface area contributed by atoms with E-state index in [1.54, 1.807) is 24.3 Å². The molecule has 38 heavy (non-hydrogen) atoms. The number of methoxy groups -OCH3 is 1. The minimum absolute atomic E-state index is 0.00729. The number of fused-ring (bicyclic) bond motifs is 1. The number of aromatic amines is 1. The number of imidazole rings is 1. The van der Waals surface area contributed by atoms with Gasteiger partial charge in [-0.1, -0.05) is 24.3 Å². The molecule has 0 aliphatic carbocycles. The minimum Gasteiger partial charge on any atom is -0.507 e. The molecule has 1 atom stereocenters. The molecule has 12 nitrogen and oxygen atoms in total. The van der Waals surface area contributed by atoms with Crippen LogP contribution in [0.15, 0.2) is 72.3 Å². The zero-order chi connectivity index (χ0) is 27.1. The van der Waals surface area contributed by atoms with Crippen molar-refractivity contribution < 1.29 is 34.3 Å². The predicted octanol–water partition coefficient (Wildman–Crippen LogP) is 3.80. The number of carboxylic acid groups (broad SMARTS) is 1. The van der Waals surface area contributed by atoms with Gasteiger partial charge in [0.15, 0.2) is 0 Å². The Morgan fingerprint density at radius 2 is 1.79 bits per heavy atom. The Bertz CT molecular complexity index is 1670. The second-order valence-electron chi connectivity index (χ2n) is 8.35. The summed E-state index contributed by atoms with van der Waals surface area (Å²) in [7, 11) is 1.48. The number of hydrogen-bond acceptors (Lipinski definition) is 8. The number of anilines is 1. The number of nitro benzene ring substituents is 1. The van der Waals surface area contributed by atoms with E-state index in [0.717, 1.165) is 11.0 Å². The van der Waals surface area contributed by atoms with Gasteiger partial charge in [-0.3, -0.25) is 24.6 Å². The van der Waals surface area contributed by atoms with Crippen molar-refractivity contribution in [1.29, 1.82) is 0 Å². The Balaban J connectivity index is 1.71. The fourth-order valence-electron chi connectivity index (χ4n) is 4.32. The maximum Gasteiger partial charge on any atom is 0.335 e. The number of nitrogens with one attached hydrogen (secondary N) is 1. The maximum atomic E-state index is 13.3. The van der Waals surface area contributed by atoms with Crippen molar-refractivity contribution in [2.45, 2.75) is 6.04 Å². The van der Waals surface area contributed by atoms with Crippen molar-refractivity contribution in [1.82, 2.24) is 9.97 Å². The van der Waals surface area contributed by atoms with E-state index in [1.165, 1.54) is 43.5 Å². The van der Waals surface area contributed by atoms with Crippen LogP contribution in [0, 0.1) is 10.1 Å². The first-order chi connectivity index (χ1) is 18.2.